The summed E-state index contributed by atoms with van der Waals surface area (Å²) < 4.78 is 6.73. The maximum absolute atomic E-state index is 11.0. The Morgan fingerprint density at radius 3 is 2.60 bits per heavy atom. The lowest BCUT2D eigenvalue weighted by Gasteiger charge is -2.61. The molecule has 1 saturated heterocycles. The first-order chi connectivity index (χ1) is 14.3. The van der Waals surface area contributed by atoms with E-state index in [1.165, 1.54) is 38.5 Å². The predicted octanol–water partition coefficient (Wildman–Crippen LogP) is 5.63. The second-order valence-corrected chi connectivity index (χ2v) is 12.7. The number of carbonyl (C=O) groups excluding carboxylic acids is 1. The summed E-state index contributed by atoms with van der Waals surface area (Å²) in [6, 6.07) is 0. The van der Waals surface area contributed by atoms with Crippen molar-refractivity contribution in [1.29, 1.82) is 0 Å². The smallest absolute Gasteiger partial charge is 0.122 e. The van der Waals surface area contributed by atoms with Crippen molar-refractivity contribution in [2.45, 2.75) is 110 Å². The fourth-order valence-electron chi connectivity index (χ4n) is 9.75. The molecule has 0 spiro atoms. The van der Waals surface area contributed by atoms with Crippen molar-refractivity contribution in [3.8, 4) is 0 Å². The van der Waals surface area contributed by atoms with Gasteiger partial charge < -0.3 is 14.6 Å². The van der Waals surface area contributed by atoms with Gasteiger partial charge in [-0.25, -0.2) is 0 Å². The van der Waals surface area contributed by atoms with Crippen LogP contribution in [0.1, 0.15) is 91.9 Å². The predicted molar refractivity (Wildman–Crippen MR) is 119 cm³/mol. The summed E-state index contributed by atoms with van der Waals surface area (Å²) in [5, 5.41) is 10.3. The standard InChI is InChI=1S/C27H44O3/c1-16(15-28)5-8-23-17(2)25-24(30-23)14-22-20-7-6-18-13-19(29)9-11-26(18,3)21(20)10-12-27(22,25)4/h15-25,29H,5-14H2,1-4H3/t16?,17-,18?,19?,20-,21+,22+,23-,24+,25+,26+,27+/m1/s1. The fraction of sp³-hybridized carbons (Fsp3) is 0.963. The van der Waals surface area contributed by atoms with Crippen molar-refractivity contribution >= 4 is 6.29 Å². The van der Waals surface area contributed by atoms with Gasteiger partial charge in [0.1, 0.15) is 6.29 Å². The molecule has 12 atom stereocenters. The Morgan fingerprint density at radius 2 is 1.83 bits per heavy atom. The van der Waals surface area contributed by atoms with Crippen molar-refractivity contribution in [1.82, 2.24) is 0 Å². The van der Waals surface area contributed by atoms with E-state index in [-0.39, 0.29) is 12.0 Å². The Labute approximate surface area is 183 Å². The molecule has 1 aliphatic heterocycles. The summed E-state index contributed by atoms with van der Waals surface area (Å²) >= 11 is 0. The SMILES string of the molecule is CC(C=O)CC[C@H]1O[C@H]2C[C@H]3[C@@H]4CCC5CC(O)CC[C@]5(C)[C@H]4CC[C@]3(C)[C@H]2[C@@H]1C. The third kappa shape index (κ3) is 3.08. The Bertz CT molecular complexity index is 662. The average molecular weight is 417 g/mol. The maximum atomic E-state index is 11.0. The van der Waals surface area contributed by atoms with Gasteiger partial charge in [0.05, 0.1) is 18.3 Å². The van der Waals surface area contributed by atoms with Gasteiger partial charge >= 0.3 is 0 Å². The van der Waals surface area contributed by atoms with Gasteiger partial charge in [0, 0.05) is 5.92 Å². The van der Waals surface area contributed by atoms with Crippen molar-refractivity contribution in [3.63, 3.8) is 0 Å². The summed E-state index contributed by atoms with van der Waals surface area (Å²) in [6.45, 7) is 9.69. The summed E-state index contributed by atoms with van der Waals surface area (Å²) in [6.07, 6.45) is 13.9. The Kier molecular flexibility index (Phi) is 5.41. The number of aliphatic hydroxyl groups excluding tert-OH is 1. The molecule has 1 heterocycles. The van der Waals surface area contributed by atoms with Gasteiger partial charge in [-0.15, -0.1) is 0 Å². The van der Waals surface area contributed by atoms with Crippen LogP contribution in [0.25, 0.3) is 0 Å². The molecule has 3 unspecified atom stereocenters. The minimum absolute atomic E-state index is 0.0487. The van der Waals surface area contributed by atoms with E-state index in [0.29, 0.717) is 34.9 Å². The molecular weight excluding hydrogens is 372 g/mol. The molecule has 4 saturated carbocycles. The number of ether oxygens (including phenoxy) is 1. The quantitative estimate of drug-likeness (QED) is 0.604. The third-order valence-corrected chi connectivity index (χ3v) is 11.4. The van der Waals surface area contributed by atoms with Crippen LogP contribution in [0.3, 0.4) is 0 Å². The van der Waals surface area contributed by atoms with Crippen LogP contribution in [0, 0.1) is 52.3 Å². The molecule has 1 N–H and O–H groups in total. The summed E-state index contributed by atoms with van der Waals surface area (Å²) in [7, 11) is 0. The van der Waals surface area contributed by atoms with E-state index in [1.54, 1.807) is 0 Å². The zero-order valence-electron chi connectivity index (χ0n) is 19.7. The number of hydrogen-bond donors (Lipinski definition) is 1. The number of hydrogen-bond acceptors (Lipinski definition) is 3. The van der Waals surface area contributed by atoms with Crippen molar-refractivity contribution < 1.29 is 14.6 Å². The Hall–Kier alpha value is -0.410. The van der Waals surface area contributed by atoms with Crippen LogP contribution in [0.2, 0.25) is 0 Å². The highest BCUT2D eigenvalue weighted by Crippen LogP contribution is 2.70. The molecule has 0 aromatic rings. The van der Waals surface area contributed by atoms with Gasteiger partial charge in [-0.2, -0.15) is 0 Å². The Balaban J connectivity index is 1.33. The number of rotatable bonds is 4. The normalized spacial score (nSPS) is 55.8. The molecule has 0 amide bonds. The summed E-state index contributed by atoms with van der Waals surface area (Å²) in [5.74, 6) is 4.79. The monoisotopic (exact) mass is 416 g/mol. The highest BCUT2D eigenvalue weighted by atomic mass is 16.5. The number of fused-ring (bicyclic) bond motifs is 7. The van der Waals surface area contributed by atoms with E-state index in [4.69, 9.17) is 4.74 Å². The molecule has 0 aromatic carbocycles. The first kappa shape index (κ1) is 21.4. The molecule has 0 radical (unpaired) electrons. The lowest BCUT2D eigenvalue weighted by Crippen LogP contribution is -2.54. The van der Waals surface area contributed by atoms with Crippen LogP contribution < -0.4 is 0 Å². The van der Waals surface area contributed by atoms with E-state index in [0.717, 1.165) is 55.6 Å². The van der Waals surface area contributed by atoms with Crippen LogP contribution in [0.15, 0.2) is 0 Å². The van der Waals surface area contributed by atoms with Gasteiger partial charge in [0.25, 0.3) is 0 Å². The molecule has 0 bridgehead atoms. The molecule has 5 fully saturated rings. The van der Waals surface area contributed by atoms with E-state index >= 15 is 0 Å². The lowest BCUT2D eigenvalue weighted by molar-refractivity contribution is -0.130. The summed E-state index contributed by atoms with van der Waals surface area (Å²) in [5.41, 5.74) is 0.898. The highest BCUT2D eigenvalue weighted by Gasteiger charge is 2.65. The first-order valence-corrected chi connectivity index (χ1v) is 13.1. The van der Waals surface area contributed by atoms with E-state index in [1.807, 2.05) is 6.92 Å². The third-order valence-electron chi connectivity index (χ3n) is 11.4. The molecule has 170 valence electrons. The van der Waals surface area contributed by atoms with Crippen LogP contribution in [-0.2, 0) is 9.53 Å². The summed E-state index contributed by atoms with van der Waals surface area (Å²) in [4.78, 5) is 11.0. The molecule has 5 aliphatic rings. The van der Waals surface area contributed by atoms with E-state index in [2.05, 4.69) is 20.8 Å². The molecule has 4 aliphatic carbocycles. The lowest BCUT2D eigenvalue weighted by atomic mass is 9.44. The van der Waals surface area contributed by atoms with Crippen molar-refractivity contribution in [3.05, 3.63) is 0 Å². The number of aldehydes is 1. The molecule has 30 heavy (non-hydrogen) atoms. The second kappa shape index (κ2) is 7.58. The van der Waals surface area contributed by atoms with Gasteiger partial charge in [-0.3, -0.25) is 0 Å². The van der Waals surface area contributed by atoms with Crippen LogP contribution in [0.4, 0.5) is 0 Å². The number of aliphatic hydroxyl groups is 1. The molecular formula is C27H44O3. The van der Waals surface area contributed by atoms with Gasteiger partial charge in [-0.05, 0) is 111 Å². The minimum Gasteiger partial charge on any atom is -0.393 e. The van der Waals surface area contributed by atoms with Crippen molar-refractivity contribution in [2.75, 3.05) is 0 Å². The largest absolute Gasteiger partial charge is 0.393 e. The molecule has 5 rings (SSSR count). The average Bonchev–Trinajstić information content (AvgIpc) is 3.20. The maximum Gasteiger partial charge on any atom is 0.122 e. The second-order valence-electron chi connectivity index (χ2n) is 12.7. The zero-order chi connectivity index (χ0) is 21.3. The van der Waals surface area contributed by atoms with Crippen LogP contribution in [0.5, 0.6) is 0 Å². The number of carbonyl (C=O) groups is 1. The molecule has 3 heteroatoms. The molecule has 0 aromatic heterocycles. The van der Waals surface area contributed by atoms with E-state index < -0.39 is 0 Å². The van der Waals surface area contributed by atoms with Gasteiger partial charge in [0.15, 0.2) is 0 Å². The van der Waals surface area contributed by atoms with Gasteiger partial charge in [0.2, 0.25) is 0 Å². The van der Waals surface area contributed by atoms with Crippen molar-refractivity contribution in [2.24, 2.45) is 52.3 Å². The first-order valence-electron chi connectivity index (χ1n) is 13.1. The Morgan fingerprint density at radius 1 is 1.07 bits per heavy atom. The highest BCUT2D eigenvalue weighted by molar-refractivity contribution is 5.52. The van der Waals surface area contributed by atoms with Gasteiger partial charge in [-0.1, -0.05) is 27.7 Å². The minimum atomic E-state index is -0.0487. The van der Waals surface area contributed by atoms with Crippen LogP contribution >= 0.6 is 0 Å². The zero-order valence-corrected chi connectivity index (χ0v) is 19.7. The fourth-order valence-corrected chi connectivity index (χ4v) is 9.75. The topological polar surface area (TPSA) is 46.5 Å². The van der Waals surface area contributed by atoms with E-state index in [9.17, 15) is 9.90 Å². The molecule has 3 nitrogen and oxygen atoms in total. The van der Waals surface area contributed by atoms with Crippen LogP contribution in [-0.4, -0.2) is 29.7 Å².